The number of halogens is 2. The van der Waals surface area contributed by atoms with Crippen molar-refractivity contribution in [1.82, 2.24) is 15.0 Å². The molecule has 0 saturated heterocycles. The van der Waals surface area contributed by atoms with Gasteiger partial charge in [-0.25, -0.2) is 19.3 Å². The fourth-order valence-electron chi connectivity index (χ4n) is 2.18. The minimum atomic E-state index is -0.341. The van der Waals surface area contributed by atoms with E-state index in [4.69, 9.17) is 11.6 Å². The van der Waals surface area contributed by atoms with Crippen LogP contribution in [0.4, 0.5) is 4.39 Å². The van der Waals surface area contributed by atoms with Gasteiger partial charge in [0.2, 0.25) is 0 Å². The fourth-order valence-corrected chi connectivity index (χ4v) is 2.72. The molecule has 0 unspecified atom stereocenters. The van der Waals surface area contributed by atoms with Gasteiger partial charge in [0, 0.05) is 17.3 Å². The molecular formula is C17H10ClFN4S. The second-order valence-corrected chi connectivity index (χ2v) is 5.90. The van der Waals surface area contributed by atoms with Crippen molar-refractivity contribution in [2.45, 2.75) is 5.16 Å². The van der Waals surface area contributed by atoms with Crippen molar-refractivity contribution in [3.8, 4) is 28.6 Å². The zero-order chi connectivity index (χ0) is 17.1. The Labute approximate surface area is 147 Å². The molecule has 0 spiro atoms. The Balaban J connectivity index is 2.26. The molecule has 0 fully saturated rings. The van der Waals surface area contributed by atoms with Crippen molar-refractivity contribution in [2.75, 3.05) is 6.26 Å². The number of rotatable bonds is 3. The highest BCUT2D eigenvalue weighted by Crippen LogP contribution is 2.33. The normalized spacial score (nSPS) is 10.4. The summed E-state index contributed by atoms with van der Waals surface area (Å²) in [4.78, 5) is 12.9. The summed E-state index contributed by atoms with van der Waals surface area (Å²) in [7, 11) is 0. The molecule has 0 aliphatic heterocycles. The first kappa shape index (κ1) is 16.4. The van der Waals surface area contributed by atoms with Gasteiger partial charge in [-0.3, -0.25) is 0 Å². The lowest BCUT2D eigenvalue weighted by Gasteiger charge is -2.11. The predicted molar refractivity (Wildman–Crippen MR) is 92.2 cm³/mol. The number of hydrogen-bond acceptors (Lipinski definition) is 5. The molecule has 118 valence electrons. The van der Waals surface area contributed by atoms with Crippen molar-refractivity contribution >= 4 is 23.4 Å². The van der Waals surface area contributed by atoms with Crippen LogP contribution in [0.5, 0.6) is 0 Å². The highest BCUT2D eigenvalue weighted by atomic mass is 35.5. The lowest BCUT2D eigenvalue weighted by atomic mass is 10.0. The van der Waals surface area contributed by atoms with Crippen LogP contribution in [-0.4, -0.2) is 21.2 Å². The van der Waals surface area contributed by atoms with Crippen LogP contribution in [0.25, 0.3) is 22.5 Å². The number of thioether (sulfide) groups is 1. The number of pyridine rings is 1. The third-order valence-corrected chi connectivity index (χ3v) is 4.16. The third-order valence-electron chi connectivity index (χ3n) is 3.31. The fraction of sp³-hybridized carbons (Fsp3) is 0.0588. The van der Waals surface area contributed by atoms with Gasteiger partial charge in [-0.2, -0.15) is 5.26 Å². The average molecular weight is 357 g/mol. The van der Waals surface area contributed by atoms with Gasteiger partial charge >= 0.3 is 0 Å². The Bertz CT molecular complexity index is 938. The van der Waals surface area contributed by atoms with Crippen molar-refractivity contribution in [3.05, 3.63) is 59.1 Å². The number of benzene rings is 1. The smallest absolute Gasteiger partial charge is 0.187 e. The minimum absolute atomic E-state index is 0.0970. The average Bonchev–Trinajstić information content (AvgIpc) is 2.62. The summed E-state index contributed by atoms with van der Waals surface area (Å²) in [5.74, 6) is -0.341. The molecule has 0 aliphatic rings. The summed E-state index contributed by atoms with van der Waals surface area (Å²) in [5, 5.41) is 9.93. The van der Waals surface area contributed by atoms with Gasteiger partial charge in [0.25, 0.3) is 0 Å². The van der Waals surface area contributed by atoms with Gasteiger partial charge in [-0.1, -0.05) is 23.4 Å². The number of nitrogens with zero attached hydrogens (tertiary/aromatic N) is 4. The van der Waals surface area contributed by atoms with E-state index in [2.05, 4.69) is 15.0 Å². The predicted octanol–water partition coefficient (Wildman–Crippen LogP) is 4.59. The summed E-state index contributed by atoms with van der Waals surface area (Å²) in [5.41, 5.74) is 2.73. The van der Waals surface area contributed by atoms with Crippen LogP contribution in [0.3, 0.4) is 0 Å². The first-order valence-electron chi connectivity index (χ1n) is 6.86. The zero-order valence-electron chi connectivity index (χ0n) is 12.5. The van der Waals surface area contributed by atoms with Crippen LogP contribution in [0.2, 0.25) is 5.15 Å². The second-order valence-electron chi connectivity index (χ2n) is 4.77. The Hall–Kier alpha value is -2.49. The van der Waals surface area contributed by atoms with Gasteiger partial charge in [-0.15, -0.1) is 0 Å². The maximum atomic E-state index is 13.2. The van der Waals surface area contributed by atoms with Crippen LogP contribution in [-0.2, 0) is 0 Å². The molecule has 4 nitrogen and oxygen atoms in total. The maximum absolute atomic E-state index is 13.2. The van der Waals surface area contributed by atoms with Crippen LogP contribution in [0, 0.1) is 17.1 Å². The van der Waals surface area contributed by atoms with Crippen LogP contribution in [0.15, 0.2) is 47.8 Å². The number of hydrogen-bond donors (Lipinski definition) is 0. The summed E-state index contributed by atoms with van der Waals surface area (Å²) in [6.07, 6.45) is 3.52. The molecule has 2 aromatic heterocycles. The molecule has 7 heteroatoms. The highest BCUT2D eigenvalue weighted by molar-refractivity contribution is 7.98. The maximum Gasteiger partial charge on any atom is 0.187 e. The molecule has 0 amide bonds. The Kier molecular flexibility index (Phi) is 4.74. The minimum Gasteiger partial charge on any atom is -0.234 e. The van der Waals surface area contributed by atoms with E-state index in [1.54, 1.807) is 30.5 Å². The summed E-state index contributed by atoms with van der Waals surface area (Å²) >= 11 is 7.50. The molecule has 0 aliphatic carbocycles. The van der Waals surface area contributed by atoms with Crippen molar-refractivity contribution in [2.24, 2.45) is 0 Å². The molecule has 3 aromatic rings. The Morgan fingerprint density at radius 2 is 1.92 bits per heavy atom. The lowest BCUT2D eigenvalue weighted by Crippen LogP contribution is -1.96. The van der Waals surface area contributed by atoms with E-state index in [1.165, 1.54) is 23.9 Å². The van der Waals surface area contributed by atoms with E-state index in [1.807, 2.05) is 12.3 Å². The monoisotopic (exact) mass is 356 g/mol. The molecule has 24 heavy (non-hydrogen) atoms. The number of nitriles is 1. The molecule has 1 aromatic carbocycles. The van der Waals surface area contributed by atoms with Crippen LogP contribution < -0.4 is 0 Å². The third kappa shape index (κ3) is 3.23. The molecule has 0 radical (unpaired) electrons. The first-order chi connectivity index (χ1) is 11.6. The molecule has 0 atom stereocenters. The van der Waals surface area contributed by atoms with E-state index in [-0.39, 0.29) is 16.5 Å². The van der Waals surface area contributed by atoms with E-state index in [0.717, 1.165) is 0 Å². The molecule has 2 heterocycles. The van der Waals surface area contributed by atoms with Gasteiger partial charge in [0.05, 0.1) is 17.0 Å². The quantitative estimate of drug-likeness (QED) is 0.390. The van der Waals surface area contributed by atoms with E-state index in [0.29, 0.717) is 27.7 Å². The second kappa shape index (κ2) is 6.95. The molecule has 3 rings (SSSR count). The summed E-state index contributed by atoms with van der Waals surface area (Å²) in [6.45, 7) is 0. The van der Waals surface area contributed by atoms with Gasteiger partial charge in [-0.05, 0) is 42.7 Å². The van der Waals surface area contributed by atoms with Crippen LogP contribution in [0.1, 0.15) is 5.56 Å². The largest absolute Gasteiger partial charge is 0.234 e. The lowest BCUT2D eigenvalue weighted by molar-refractivity contribution is 0.628. The molecular weight excluding hydrogens is 347 g/mol. The van der Waals surface area contributed by atoms with Gasteiger partial charge in [0.1, 0.15) is 17.0 Å². The Morgan fingerprint density at radius 3 is 2.58 bits per heavy atom. The van der Waals surface area contributed by atoms with Gasteiger partial charge < -0.3 is 0 Å². The summed E-state index contributed by atoms with van der Waals surface area (Å²) in [6, 6.07) is 11.3. The van der Waals surface area contributed by atoms with E-state index >= 15 is 0 Å². The SMILES string of the molecule is CSc1nccc(-c2cc(C#N)c(Cl)nc2-c2ccc(F)cc2)n1. The molecule has 0 bridgehead atoms. The Morgan fingerprint density at radius 1 is 1.17 bits per heavy atom. The first-order valence-corrected chi connectivity index (χ1v) is 8.46. The molecule has 0 saturated carbocycles. The topological polar surface area (TPSA) is 62.5 Å². The van der Waals surface area contributed by atoms with Crippen LogP contribution >= 0.6 is 23.4 Å². The van der Waals surface area contributed by atoms with E-state index in [9.17, 15) is 9.65 Å². The highest BCUT2D eigenvalue weighted by Gasteiger charge is 2.15. The van der Waals surface area contributed by atoms with Crippen molar-refractivity contribution < 1.29 is 4.39 Å². The standard InChI is InChI=1S/C17H10ClFN4S/c1-24-17-21-7-6-14(22-17)13-8-11(9-20)16(18)23-15(13)10-2-4-12(19)5-3-10/h2-8H,1H3. The molecule has 0 N–H and O–H groups in total. The zero-order valence-corrected chi connectivity index (χ0v) is 14.1. The van der Waals surface area contributed by atoms with E-state index < -0.39 is 0 Å². The van der Waals surface area contributed by atoms with Crippen molar-refractivity contribution in [3.63, 3.8) is 0 Å². The summed E-state index contributed by atoms with van der Waals surface area (Å²) < 4.78 is 13.2. The van der Waals surface area contributed by atoms with Gasteiger partial charge in [0.15, 0.2) is 5.16 Å². The number of aromatic nitrogens is 3. The van der Waals surface area contributed by atoms with Crippen molar-refractivity contribution in [1.29, 1.82) is 5.26 Å².